The zero-order valence-electron chi connectivity index (χ0n) is 13.2. The van der Waals surface area contributed by atoms with E-state index in [1.54, 1.807) is 37.3 Å². The van der Waals surface area contributed by atoms with Crippen LogP contribution in [-0.2, 0) is 14.3 Å². The molecule has 0 fully saturated rings. The van der Waals surface area contributed by atoms with Crippen LogP contribution >= 0.6 is 0 Å². The Morgan fingerprint density at radius 1 is 1.00 bits per heavy atom. The fourth-order valence-electron chi connectivity index (χ4n) is 1.79. The molecule has 2 aromatic rings. The summed E-state index contributed by atoms with van der Waals surface area (Å²) in [5.41, 5.74) is 0.304. The number of benzene rings is 2. The summed E-state index contributed by atoms with van der Waals surface area (Å²) in [7, 11) is 0. The molecule has 0 aliphatic rings. The zero-order chi connectivity index (χ0) is 17.5. The van der Waals surface area contributed by atoms with E-state index >= 15 is 0 Å². The van der Waals surface area contributed by atoms with Gasteiger partial charge in [-0.05, 0) is 42.0 Å². The molecule has 0 heterocycles. The third-order valence-electron chi connectivity index (χ3n) is 2.95. The summed E-state index contributed by atoms with van der Waals surface area (Å²) in [6.45, 7) is 8.38. The van der Waals surface area contributed by atoms with Crippen molar-refractivity contribution in [1.29, 1.82) is 0 Å². The van der Waals surface area contributed by atoms with Crippen LogP contribution in [0.2, 0.25) is 0 Å². The Kier molecular flexibility index (Phi) is 5.52. The molecular weight excluding hydrogens is 308 g/mol. The smallest absolute Gasteiger partial charge is 0.338 e. The lowest BCUT2D eigenvalue weighted by atomic mass is 10.1. The molecular formula is C19H16O5. The lowest BCUT2D eigenvalue weighted by Gasteiger charge is -2.05. The van der Waals surface area contributed by atoms with E-state index in [0.29, 0.717) is 17.1 Å². The largest absolute Gasteiger partial charge is 0.462 e. The van der Waals surface area contributed by atoms with Gasteiger partial charge in [-0.2, -0.15) is 0 Å². The van der Waals surface area contributed by atoms with Gasteiger partial charge in [0.05, 0.1) is 0 Å². The van der Waals surface area contributed by atoms with Crippen molar-refractivity contribution in [3.63, 3.8) is 0 Å². The lowest BCUT2D eigenvalue weighted by molar-refractivity contribution is -0.133. The number of fused-ring (bicyclic) bond motifs is 1. The van der Waals surface area contributed by atoms with Crippen molar-refractivity contribution in [2.45, 2.75) is 6.92 Å². The number of ether oxygens (including phenoxy) is 3. The summed E-state index contributed by atoms with van der Waals surface area (Å²) in [5, 5.41) is 1.78. The fourth-order valence-corrected chi connectivity index (χ4v) is 1.79. The molecule has 0 radical (unpaired) electrons. The van der Waals surface area contributed by atoms with E-state index in [2.05, 4.69) is 13.2 Å². The quantitative estimate of drug-likeness (QED) is 0.349. The van der Waals surface area contributed by atoms with Gasteiger partial charge in [0.25, 0.3) is 0 Å². The van der Waals surface area contributed by atoms with Crippen LogP contribution in [0, 0.1) is 0 Å². The number of rotatable bonds is 6. The third kappa shape index (κ3) is 4.58. The molecule has 5 heteroatoms. The van der Waals surface area contributed by atoms with Crippen LogP contribution in [0.15, 0.2) is 73.7 Å². The number of hydrogen-bond donors (Lipinski definition) is 0. The minimum absolute atomic E-state index is 0.304. The van der Waals surface area contributed by atoms with Crippen molar-refractivity contribution in [1.82, 2.24) is 0 Å². The summed E-state index contributed by atoms with van der Waals surface area (Å²) < 4.78 is 15.2. The van der Waals surface area contributed by atoms with Gasteiger partial charge in [-0.25, -0.2) is 9.59 Å². The van der Waals surface area contributed by atoms with Crippen LogP contribution in [-0.4, -0.2) is 11.9 Å². The van der Waals surface area contributed by atoms with E-state index < -0.39 is 11.9 Å². The number of esters is 2. The minimum Gasteiger partial charge on any atom is -0.462 e. The first-order chi connectivity index (χ1) is 11.5. The molecule has 5 nitrogen and oxygen atoms in total. The zero-order valence-corrected chi connectivity index (χ0v) is 13.2. The van der Waals surface area contributed by atoms with Gasteiger partial charge in [0.15, 0.2) is 0 Å². The molecule has 2 aromatic carbocycles. The van der Waals surface area contributed by atoms with Crippen molar-refractivity contribution >= 4 is 22.7 Å². The van der Waals surface area contributed by atoms with Crippen LogP contribution in [0.5, 0.6) is 11.5 Å². The monoisotopic (exact) mass is 324 g/mol. The Bertz CT molecular complexity index is 833. The summed E-state index contributed by atoms with van der Waals surface area (Å²) in [6.07, 6.45) is 3.52. The molecule has 122 valence electrons. The lowest BCUT2D eigenvalue weighted by Crippen LogP contribution is -2.02. The van der Waals surface area contributed by atoms with Crippen LogP contribution < -0.4 is 9.47 Å². The average molecular weight is 324 g/mol. The highest BCUT2D eigenvalue weighted by Crippen LogP contribution is 2.25. The average Bonchev–Trinajstić information content (AvgIpc) is 2.58. The maximum atomic E-state index is 11.2. The predicted octanol–water partition coefficient (Wildman–Crippen LogP) is 3.90. The number of carbonyl (C=O) groups is 2. The summed E-state index contributed by atoms with van der Waals surface area (Å²) >= 11 is 0. The van der Waals surface area contributed by atoms with E-state index in [1.165, 1.54) is 6.26 Å². The van der Waals surface area contributed by atoms with Gasteiger partial charge in [0, 0.05) is 11.6 Å². The van der Waals surface area contributed by atoms with Crippen molar-refractivity contribution in [3.05, 3.63) is 73.7 Å². The van der Waals surface area contributed by atoms with E-state index in [1.807, 2.05) is 6.07 Å². The van der Waals surface area contributed by atoms with Crippen molar-refractivity contribution in [3.8, 4) is 11.5 Å². The number of carbonyl (C=O) groups excluding carboxylic acids is 2. The molecule has 0 N–H and O–H groups in total. The molecule has 0 aliphatic heterocycles. The first-order valence-electron chi connectivity index (χ1n) is 7.06. The minimum atomic E-state index is -0.519. The number of hydrogen-bond acceptors (Lipinski definition) is 5. The topological polar surface area (TPSA) is 61.8 Å². The Hall–Kier alpha value is -3.34. The van der Waals surface area contributed by atoms with Gasteiger partial charge in [-0.1, -0.05) is 25.3 Å². The Balaban J connectivity index is 2.06. The summed E-state index contributed by atoms with van der Waals surface area (Å²) in [4.78, 5) is 22.4. The second-order valence-electron chi connectivity index (χ2n) is 4.87. The molecule has 0 aromatic heterocycles. The Morgan fingerprint density at radius 3 is 2.25 bits per heavy atom. The SMILES string of the molecule is C=CC(=O)Oc1ccc2cc(OC=COC(=O)C(=C)C)ccc2c1. The second-order valence-corrected chi connectivity index (χ2v) is 4.87. The predicted molar refractivity (Wildman–Crippen MR) is 90.5 cm³/mol. The first kappa shape index (κ1) is 17.0. The van der Waals surface area contributed by atoms with Gasteiger partial charge in [-0.15, -0.1) is 0 Å². The molecule has 0 atom stereocenters. The van der Waals surface area contributed by atoms with Crippen molar-refractivity contribution in [2.75, 3.05) is 0 Å². The Morgan fingerprint density at radius 2 is 1.62 bits per heavy atom. The van der Waals surface area contributed by atoms with E-state index in [4.69, 9.17) is 14.2 Å². The van der Waals surface area contributed by atoms with Crippen LogP contribution in [0.3, 0.4) is 0 Å². The van der Waals surface area contributed by atoms with Gasteiger partial charge in [0.1, 0.15) is 24.0 Å². The second kappa shape index (κ2) is 7.78. The van der Waals surface area contributed by atoms with Gasteiger partial charge < -0.3 is 14.2 Å². The standard InChI is InChI=1S/C19H16O5/c1-4-18(20)24-17-8-6-14-11-16(7-5-15(14)12-17)22-9-10-23-19(21)13(2)3/h4-12H,1-2H2,3H3. The molecule has 0 saturated carbocycles. The highest BCUT2D eigenvalue weighted by atomic mass is 16.5. The highest BCUT2D eigenvalue weighted by Gasteiger charge is 2.03. The first-order valence-corrected chi connectivity index (χ1v) is 7.06. The normalized spacial score (nSPS) is 10.4. The van der Waals surface area contributed by atoms with Crippen LogP contribution in [0.4, 0.5) is 0 Å². The van der Waals surface area contributed by atoms with Gasteiger partial charge >= 0.3 is 11.9 Å². The fraction of sp³-hybridized carbons (Fsp3) is 0.0526. The molecule has 24 heavy (non-hydrogen) atoms. The van der Waals surface area contributed by atoms with Crippen LogP contribution in [0.1, 0.15) is 6.92 Å². The molecule has 2 rings (SSSR count). The third-order valence-corrected chi connectivity index (χ3v) is 2.95. The molecule has 0 aliphatic carbocycles. The molecule has 0 bridgehead atoms. The molecule has 0 spiro atoms. The summed E-state index contributed by atoms with van der Waals surface area (Å²) in [5.74, 6) is -0.0210. The summed E-state index contributed by atoms with van der Waals surface area (Å²) in [6, 6.07) is 10.6. The maximum Gasteiger partial charge on any atom is 0.338 e. The van der Waals surface area contributed by atoms with Crippen LogP contribution in [0.25, 0.3) is 10.8 Å². The molecule has 0 unspecified atom stereocenters. The maximum absolute atomic E-state index is 11.2. The molecule has 0 saturated heterocycles. The van der Waals surface area contributed by atoms with Gasteiger partial charge in [-0.3, -0.25) is 0 Å². The van der Waals surface area contributed by atoms with Crippen molar-refractivity contribution in [2.24, 2.45) is 0 Å². The molecule has 0 amide bonds. The van der Waals surface area contributed by atoms with E-state index in [0.717, 1.165) is 23.1 Å². The van der Waals surface area contributed by atoms with E-state index in [9.17, 15) is 9.59 Å². The van der Waals surface area contributed by atoms with E-state index in [-0.39, 0.29) is 0 Å². The van der Waals surface area contributed by atoms with Gasteiger partial charge in [0.2, 0.25) is 0 Å². The Labute approximate surface area is 139 Å². The van der Waals surface area contributed by atoms with Crippen molar-refractivity contribution < 1.29 is 23.8 Å². The highest BCUT2D eigenvalue weighted by molar-refractivity contribution is 5.88.